The first kappa shape index (κ1) is 29.9. The topological polar surface area (TPSA) is 66.0 Å². The van der Waals surface area contributed by atoms with Gasteiger partial charge in [0.25, 0.3) is 0 Å². The van der Waals surface area contributed by atoms with Crippen LogP contribution in [-0.4, -0.2) is 76.6 Å². The maximum Gasteiger partial charge on any atom is 0.320 e. The molecule has 8 heteroatoms. The number of carbonyl (C=O) groups is 2. The van der Waals surface area contributed by atoms with Crippen LogP contribution in [0.4, 0.5) is 4.79 Å². The van der Waals surface area contributed by atoms with Gasteiger partial charge in [0.2, 0.25) is 0 Å². The molecule has 2 aliphatic heterocycles. The Bertz CT molecular complexity index is 1190. The van der Waals surface area contributed by atoms with Gasteiger partial charge in [-0.1, -0.05) is 56.7 Å². The SMILES string of the molecule is COC(=O)Cc1ccc(Sc2ccc(CN3CCC(N4C(=O)N(C5CCCC5)C[C@H]4CC(C)C)CC3)c(C)n2)cc1. The predicted molar refractivity (Wildman–Crippen MR) is 163 cm³/mol. The van der Waals surface area contributed by atoms with Gasteiger partial charge in [-0.2, -0.15) is 0 Å². The van der Waals surface area contributed by atoms with E-state index >= 15 is 0 Å². The monoisotopic (exact) mass is 578 g/mol. The minimum Gasteiger partial charge on any atom is -0.469 e. The second-order valence-corrected chi connectivity index (χ2v) is 13.6. The number of amides is 2. The molecule has 3 aliphatic rings. The Kier molecular flexibility index (Phi) is 9.91. The fourth-order valence-corrected chi connectivity index (χ4v) is 7.66. The molecule has 1 atom stereocenters. The quantitative estimate of drug-likeness (QED) is 0.308. The third kappa shape index (κ3) is 7.44. The highest BCUT2D eigenvalue weighted by Gasteiger charge is 2.44. The van der Waals surface area contributed by atoms with E-state index in [0.717, 1.165) is 66.6 Å². The lowest BCUT2D eigenvalue weighted by Gasteiger charge is -2.39. The van der Waals surface area contributed by atoms with Crippen molar-refractivity contribution in [3.05, 3.63) is 53.2 Å². The summed E-state index contributed by atoms with van der Waals surface area (Å²) in [5.41, 5.74) is 3.28. The highest BCUT2D eigenvalue weighted by Crippen LogP contribution is 2.34. The molecule has 3 heterocycles. The molecule has 3 fully saturated rings. The molecule has 1 aromatic carbocycles. The first-order valence-corrected chi connectivity index (χ1v) is 16.2. The van der Waals surface area contributed by atoms with E-state index in [1.165, 1.54) is 38.4 Å². The molecular formula is C33H46N4O3S. The second-order valence-electron chi connectivity index (χ2n) is 12.5. The summed E-state index contributed by atoms with van der Waals surface area (Å²) in [6.07, 6.45) is 8.37. The average molecular weight is 579 g/mol. The number of urea groups is 1. The molecule has 0 bridgehead atoms. The standard InChI is InChI=1S/C33H46N4O3S/c1-23(2)19-29-22-36(27-7-5-6-8-27)33(39)37(29)28-15-17-35(18-16-28)21-26-11-14-31(34-24(26)3)41-30-12-9-25(10-13-30)20-32(38)40-4/h9-14,23,27-29H,5-8,15-22H2,1-4H3/t29-/m1/s1. The summed E-state index contributed by atoms with van der Waals surface area (Å²) in [4.78, 5) is 38.2. The number of aromatic nitrogens is 1. The molecule has 5 rings (SSSR count). The van der Waals surface area contributed by atoms with Crippen molar-refractivity contribution in [3.63, 3.8) is 0 Å². The third-order valence-corrected chi connectivity index (χ3v) is 9.96. The van der Waals surface area contributed by atoms with Gasteiger partial charge in [0, 0.05) is 48.9 Å². The molecule has 2 saturated heterocycles. The molecule has 2 amide bonds. The van der Waals surface area contributed by atoms with Crippen LogP contribution in [0.5, 0.6) is 0 Å². The maximum absolute atomic E-state index is 13.6. The molecule has 0 unspecified atom stereocenters. The first-order valence-electron chi connectivity index (χ1n) is 15.4. The Balaban J connectivity index is 1.15. The van der Waals surface area contributed by atoms with E-state index in [2.05, 4.69) is 47.6 Å². The van der Waals surface area contributed by atoms with Crippen LogP contribution in [-0.2, 0) is 22.5 Å². The normalized spacial score (nSPS) is 20.9. The Morgan fingerprint density at radius 3 is 2.37 bits per heavy atom. The largest absolute Gasteiger partial charge is 0.469 e. The van der Waals surface area contributed by atoms with Crippen LogP contribution in [0.3, 0.4) is 0 Å². The van der Waals surface area contributed by atoms with Crippen molar-refractivity contribution >= 4 is 23.8 Å². The number of benzene rings is 1. The summed E-state index contributed by atoms with van der Waals surface area (Å²) in [6, 6.07) is 13.8. The molecule has 1 aliphatic carbocycles. The van der Waals surface area contributed by atoms with E-state index in [-0.39, 0.29) is 12.4 Å². The first-order chi connectivity index (χ1) is 19.8. The van der Waals surface area contributed by atoms with Crippen LogP contribution < -0.4 is 0 Å². The number of rotatable bonds is 10. The van der Waals surface area contributed by atoms with Crippen molar-refractivity contribution in [1.29, 1.82) is 0 Å². The van der Waals surface area contributed by atoms with E-state index in [0.29, 0.717) is 30.1 Å². The number of hydrogen-bond acceptors (Lipinski definition) is 6. The van der Waals surface area contributed by atoms with Gasteiger partial charge >= 0.3 is 12.0 Å². The molecule has 7 nitrogen and oxygen atoms in total. The summed E-state index contributed by atoms with van der Waals surface area (Å²) in [7, 11) is 1.41. The van der Waals surface area contributed by atoms with E-state index in [1.54, 1.807) is 11.8 Å². The molecule has 0 spiro atoms. The van der Waals surface area contributed by atoms with E-state index in [9.17, 15) is 9.59 Å². The summed E-state index contributed by atoms with van der Waals surface area (Å²) in [6.45, 7) is 10.5. The zero-order valence-corrected chi connectivity index (χ0v) is 26.0. The number of carbonyl (C=O) groups excluding carboxylic acids is 2. The number of methoxy groups -OCH3 is 1. The zero-order valence-electron chi connectivity index (χ0n) is 25.2. The summed E-state index contributed by atoms with van der Waals surface area (Å²) >= 11 is 1.64. The molecule has 1 saturated carbocycles. The smallest absolute Gasteiger partial charge is 0.320 e. The van der Waals surface area contributed by atoms with Crippen LogP contribution in [0.1, 0.15) is 75.6 Å². The lowest BCUT2D eigenvalue weighted by Crippen LogP contribution is -2.49. The molecular weight excluding hydrogens is 532 g/mol. The number of piperidine rings is 1. The summed E-state index contributed by atoms with van der Waals surface area (Å²) in [5, 5.41) is 0.973. The molecule has 0 N–H and O–H groups in total. The van der Waals surface area contributed by atoms with Crippen LogP contribution in [0.2, 0.25) is 0 Å². The number of nitrogens with zero attached hydrogens (tertiary/aromatic N) is 4. The van der Waals surface area contributed by atoms with Crippen LogP contribution in [0.15, 0.2) is 46.3 Å². The Labute approximate surface area is 250 Å². The predicted octanol–water partition coefficient (Wildman–Crippen LogP) is 6.32. The Morgan fingerprint density at radius 1 is 1.02 bits per heavy atom. The number of hydrogen-bond donors (Lipinski definition) is 0. The molecule has 222 valence electrons. The summed E-state index contributed by atoms with van der Waals surface area (Å²) < 4.78 is 4.75. The lowest BCUT2D eigenvalue weighted by atomic mass is 9.97. The number of esters is 1. The van der Waals surface area contributed by atoms with E-state index < -0.39 is 0 Å². The van der Waals surface area contributed by atoms with Crippen LogP contribution >= 0.6 is 11.8 Å². The van der Waals surface area contributed by atoms with Crippen molar-refractivity contribution in [2.24, 2.45) is 5.92 Å². The Morgan fingerprint density at radius 2 is 1.73 bits per heavy atom. The van der Waals surface area contributed by atoms with Gasteiger partial charge in [-0.3, -0.25) is 9.69 Å². The van der Waals surface area contributed by atoms with Gasteiger partial charge < -0.3 is 14.5 Å². The summed E-state index contributed by atoms with van der Waals surface area (Å²) in [5.74, 6) is 0.370. The van der Waals surface area contributed by atoms with Crippen molar-refractivity contribution < 1.29 is 14.3 Å². The average Bonchev–Trinajstić information content (AvgIpc) is 3.59. The minimum atomic E-state index is -0.228. The van der Waals surface area contributed by atoms with Gasteiger partial charge in [-0.05, 0) is 74.3 Å². The fourth-order valence-electron chi connectivity index (χ4n) is 6.83. The zero-order chi connectivity index (χ0) is 28.9. The number of aryl methyl sites for hydroxylation is 1. The Hall–Kier alpha value is -2.58. The fraction of sp³-hybridized carbons (Fsp3) is 0.606. The van der Waals surface area contributed by atoms with Crippen LogP contribution in [0.25, 0.3) is 0 Å². The van der Waals surface area contributed by atoms with E-state index in [1.807, 2.05) is 24.3 Å². The maximum atomic E-state index is 13.6. The highest BCUT2D eigenvalue weighted by molar-refractivity contribution is 7.99. The van der Waals surface area contributed by atoms with Crippen molar-refractivity contribution in [1.82, 2.24) is 19.7 Å². The van der Waals surface area contributed by atoms with Gasteiger partial charge in [0.15, 0.2) is 0 Å². The molecule has 0 radical (unpaired) electrons. The van der Waals surface area contributed by atoms with Crippen molar-refractivity contribution in [3.8, 4) is 0 Å². The van der Waals surface area contributed by atoms with Crippen molar-refractivity contribution in [2.45, 2.75) is 107 Å². The number of likely N-dealkylation sites (tertiary alicyclic amines) is 1. The molecule has 2 aromatic rings. The van der Waals surface area contributed by atoms with Crippen molar-refractivity contribution in [2.75, 3.05) is 26.7 Å². The number of pyridine rings is 1. The molecule has 41 heavy (non-hydrogen) atoms. The van der Waals surface area contributed by atoms with E-state index in [4.69, 9.17) is 9.72 Å². The highest BCUT2D eigenvalue weighted by atomic mass is 32.2. The van der Waals surface area contributed by atoms with Gasteiger partial charge in [0.05, 0.1) is 19.6 Å². The molecule has 1 aromatic heterocycles. The minimum absolute atomic E-state index is 0.228. The van der Waals surface area contributed by atoms with Gasteiger partial charge in [-0.25, -0.2) is 9.78 Å². The third-order valence-electron chi connectivity index (χ3n) is 9.01. The van der Waals surface area contributed by atoms with Gasteiger partial charge in [-0.15, -0.1) is 0 Å². The van der Waals surface area contributed by atoms with Gasteiger partial charge in [0.1, 0.15) is 5.03 Å². The lowest BCUT2D eigenvalue weighted by molar-refractivity contribution is -0.139. The van der Waals surface area contributed by atoms with Crippen LogP contribution in [0, 0.1) is 12.8 Å². The number of ether oxygens (including phenoxy) is 1. The second kappa shape index (κ2) is 13.6.